The molecule has 0 radical (unpaired) electrons. The number of nitrogens with two attached hydrogens (primary N) is 1. The summed E-state index contributed by atoms with van der Waals surface area (Å²) in [6, 6.07) is 7.48. The zero-order chi connectivity index (χ0) is 14.5. The predicted octanol–water partition coefficient (Wildman–Crippen LogP) is 4.06. The van der Waals surface area contributed by atoms with Crippen molar-refractivity contribution in [3.63, 3.8) is 0 Å². The lowest BCUT2D eigenvalue weighted by atomic mass is 10.0. The highest BCUT2D eigenvalue weighted by molar-refractivity contribution is 7.98. The minimum absolute atomic E-state index is 0.193. The lowest BCUT2D eigenvalue weighted by molar-refractivity contribution is 0.311. The molecular formula is C14H18ClN3OS. The summed E-state index contributed by atoms with van der Waals surface area (Å²) in [5, 5.41) is 4.71. The fraction of sp³-hybridized carbons (Fsp3) is 0.429. The van der Waals surface area contributed by atoms with Crippen LogP contribution in [-0.2, 0) is 5.75 Å². The summed E-state index contributed by atoms with van der Waals surface area (Å²) < 4.78 is 5.24. The minimum Gasteiger partial charge on any atom is -0.338 e. The van der Waals surface area contributed by atoms with Crippen molar-refractivity contribution in [1.29, 1.82) is 0 Å². The normalized spacial score (nSPS) is 14.2. The van der Waals surface area contributed by atoms with E-state index in [0.717, 1.165) is 16.3 Å². The molecule has 0 aliphatic heterocycles. The highest BCUT2D eigenvalue weighted by Gasteiger charge is 2.19. The molecule has 0 saturated heterocycles. The van der Waals surface area contributed by atoms with Gasteiger partial charge in [0, 0.05) is 9.92 Å². The van der Waals surface area contributed by atoms with Crippen LogP contribution in [0.4, 0.5) is 0 Å². The van der Waals surface area contributed by atoms with Crippen molar-refractivity contribution >= 4 is 23.4 Å². The van der Waals surface area contributed by atoms with Gasteiger partial charge in [-0.05, 0) is 30.2 Å². The summed E-state index contributed by atoms with van der Waals surface area (Å²) in [7, 11) is 0. The molecule has 1 aromatic carbocycles. The first kappa shape index (κ1) is 15.4. The molecule has 0 spiro atoms. The molecule has 0 amide bonds. The number of nitrogens with zero attached hydrogens (tertiary/aromatic N) is 2. The molecule has 0 unspecified atom stereocenters. The molecule has 20 heavy (non-hydrogen) atoms. The van der Waals surface area contributed by atoms with E-state index in [1.54, 1.807) is 11.8 Å². The molecule has 1 aromatic heterocycles. The van der Waals surface area contributed by atoms with Gasteiger partial charge in [-0.2, -0.15) is 4.98 Å². The third-order valence-electron chi connectivity index (χ3n) is 3.21. The maximum atomic E-state index is 6.07. The smallest absolute Gasteiger partial charge is 0.243 e. The van der Waals surface area contributed by atoms with Crippen LogP contribution < -0.4 is 5.73 Å². The van der Waals surface area contributed by atoms with Crippen LogP contribution in [0.15, 0.2) is 33.7 Å². The second kappa shape index (κ2) is 7.11. The van der Waals surface area contributed by atoms with Gasteiger partial charge < -0.3 is 10.3 Å². The molecule has 4 nitrogen and oxygen atoms in total. The Labute approximate surface area is 128 Å². The van der Waals surface area contributed by atoms with Crippen molar-refractivity contribution in [3.05, 3.63) is 41.0 Å². The molecule has 1 heterocycles. The average molecular weight is 312 g/mol. The summed E-state index contributed by atoms with van der Waals surface area (Å²) in [4.78, 5) is 5.48. The van der Waals surface area contributed by atoms with E-state index < -0.39 is 0 Å². The quantitative estimate of drug-likeness (QED) is 0.815. The Hall–Kier alpha value is -1.04. The first-order valence-corrected chi connectivity index (χ1v) is 7.93. The van der Waals surface area contributed by atoms with Gasteiger partial charge in [0.05, 0.1) is 11.8 Å². The van der Waals surface area contributed by atoms with Crippen molar-refractivity contribution < 1.29 is 4.52 Å². The number of aromatic nitrogens is 2. The maximum Gasteiger partial charge on any atom is 0.243 e. The lowest BCUT2D eigenvalue weighted by Gasteiger charge is -2.12. The van der Waals surface area contributed by atoms with E-state index in [4.69, 9.17) is 21.9 Å². The van der Waals surface area contributed by atoms with Crippen LogP contribution in [-0.4, -0.2) is 10.1 Å². The van der Waals surface area contributed by atoms with Crippen LogP contribution in [0.25, 0.3) is 0 Å². The highest BCUT2D eigenvalue weighted by atomic mass is 35.5. The van der Waals surface area contributed by atoms with Crippen molar-refractivity contribution in [2.24, 2.45) is 11.7 Å². The van der Waals surface area contributed by atoms with Gasteiger partial charge in [0.15, 0.2) is 5.82 Å². The van der Waals surface area contributed by atoms with Crippen LogP contribution in [0.1, 0.15) is 38.0 Å². The Kier molecular flexibility index (Phi) is 5.46. The topological polar surface area (TPSA) is 64.9 Å². The number of benzene rings is 1. The molecule has 0 saturated carbocycles. The van der Waals surface area contributed by atoms with E-state index in [2.05, 4.69) is 24.0 Å². The average Bonchev–Trinajstić information content (AvgIpc) is 2.94. The van der Waals surface area contributed by atoms with Crippen molar-refractivity contribution in [2.45, 2.75) is 37.0 Å². The van der Waals surface area contributed by atoms with Gasteiger partial charge in [0.25, 0.3) is 0 Å². The monoisotopic (exact) mass is 311 g/mol. The molecule has 0 bridgehead atoms. The summed E-state index contributed by atoms with van der Waals surface area (Å²) in [6.45, 7) is 4.18. The summed E-state index contributed by atoms with van der Waals surface area (Å²) in [6.07, 6.45) is 0.985. The Morgan fingerprint density at radius 3 is 2.70 bits per heavy atom. The Morgan fingerprint density at radius 1 is 1.35 bits per heavy atom. The van der Waals surface area contributed by atoms with E-state index in [1.165, 1.54) is 0 Å². The van der Waals surface area contributed by atoms with Gasteiger partial charge in [0.2, 0.25) is 5.89 Å². The van der Waals surface area contributed by atoms with E-state index >= 15 is 0 Å². The first-order valence-electron chi connectivity index (χ1n) is 6.56. The Bertz CT molecular complexity index is 544. The fourth-order valence-electron chi connectivity index (χ4n) is 1.64. The van der Waals surface area contributed by atoms with Crippen molar-refractivity contribution in [2.75, 3.05) is 0 Å². The van der Waals surface area contributed by atoms with Crippen LogP contribution in [0.3, 0.4) is 0 Å². The van der Waals surface area contributed by atoms with Gasteiger partial charge in [-0.1, -0.05) is 37.0 Å². The molecule has 2 rings (SSSR count). The minimum atomic E-state index is -0.193. The molecule has 2 atom stereocenters. The largest absolute Gasteiger partial charge is 0.338 e. The molecule has 2 N–H and O–H groups in total. The predicted molar refractivity (Wildman–Crippen MR) is 81.7 cm³/mol. The van der Waals surface area contributed by atoms with E-state index in [1.807, 2.05) is 24.3 Å². The Balaban J connectivity index is 1.94. The third kappa shape index (κ3) is 3.98. The number of rotatable bonds is 6. The molecular weight excluding hydrogens is 294 g/mol. The second-order valence-corrected chi connectivity index (χ2v) is 6.19. The fourth-order valence-corrected chi connectivity index (χ4v) is 2.51. The van der Waals surface area contributed by atoms with Crippen LogP contribution in [0.5, 0.6) is 0 Å². The standard InChI is InChI=1S/C14H18ClN3OS/c1-3-9(2)13(16)14-17-12(18-19-14)8-20-11-6-4-10(15)5-7-11/h4-7,9,13H,3,8,16H2,1-2H3/t9-,13-/m0/s1. The van der Waals surface area contributed by atoms with Gasteiger partial charge >= 0.3 is 0 Å². The van der Waals surface area contributed by atoms with Gasteiger partial charge in [0.1, 0.15) is 0 Å². The van der Waals surface area contributed by atoms with E-state index in [-0.39, 0.29) is 6.04 Å². The molecule has 0 aliphatic rings. The SMILES string of the molecule is CC[C@H](C)[C@H](N)c1nc(CSc2ccc(Cl)cc2)no1. The summed E-state index contributed by atoms with van der Waals surface area (Å²) in [5.74, 6) is 2.16. The maximum absolute atomic E-state index is 6.07. The van der Waals surface area contributed by atoms with Gasteiger partial charge in [-0.25, -0.2) is 0 Å². The lowest BCUT2D eigenvalue weighted by Crippen LogP contribution is -2.18. The summed E-state index contributed by atoms with van der Waals surface area (Å²) >= 11 is 7.48. The summed E-state index contributed by atoms with van der Waals surface area (Å²) in [5.41, 5.74) is 6.07. The van der Waals surface area contributed by atoms with E-state index in [0.29, 0.717) is 23.4 Å². The highest BCUT2D eigenvalue weighted by Crippen LogP contribution is 2.25. The number of hydrogen-bond acceptors (Lipinski definition) is 5. The van der Waals surface area contributed by atoms with E-state index in [9.17, 15) is 0 Å². The molecule has 0 fully saturated rings. The zero-order valence-electron chi connectivity index (χ0n) is 11.5. The molecule has 2 aromatic rings. The van der Waals surface area contributed by atoms with Crippen molar-refractivity contribution in [3.8, 4) is 0 Å². The third-order valence-corrected chi connectivity index (χ3v) is 4.47. The number of halogens is 1. The van der Waals surface area contributed by atoms with Crippen LogP contribution >= 0.6 is 23.4 Å². The molecule has 6 heteroatoms. The number of thioether (sulfide) groups is 1. The Morgan fingerprint density at radius 2 is 2.05 bits per heavy atom. The molecule has 108 valence electrons. The zero-order valence-corrected chi connectivity index (χ0v) is 13.1. The first-order chi connectivity index (χ1) is 9.60. The van der Waals surface area contributed by atoms with Crippen LogP contribution in [0.2, 0.25) is 5.02 Å². The number of hydrogen-bond donors (Lipinski definition) is 1. The second-order valence-electron chi connectivity index (χ2n) is 4.70. The van der Waals surface area contributed by atoms with Crippen LogP contribution in [0, 0.1) is 5.92 Å². The van der Waals surface area contributed by atoms with Gasteiger partial charge in [-0.3, -0.25) is 0 Å². The van der Waals surface area contributed by atoms with Crippen molar-refractivity contribution in [1.82, 2.24) is 10.1 Å². The van der Waals surface area contributed by atoms with Gasteiger partial charge in [-0.15, -0.1) is 11.8 Å². The molecule has 0 aliphatic carbocycles.